The first-order valence-electron chi connectivity index (χ1n) is 18.2. The molecule has 9 rings (SSSR count). The van der Waals surface area contributed by atoms with Gasteiger partial charge in [-0.1, -0.05) is 206 Å². The zero-order valence-corrected chi connectivity index (χ0v) is 29.5. The van der Waals surface area contributed by atoms with Crippen LogP contribution in [0.1, 0.15) is 0 Å². The van der Waals surface area contributed by atoms with Gasteiger partial charge in [-0.15, -0.1) is 0 Å². The van der Waals surface area contributed by atoms with Crippen molar-refractivity contribution in [3.63, 3.8) is 0 Å². The zero-order chi connectivity index (χ0) is 36.1. The van der Waals surface area contributed by atoms with Gasteiger partial charge in [-0.25, -0.2) is 15.0 Å². The fraction of sp³-hybridized carbons (Fsp3) is 0. The van der Waals surface area contributed by atoms with Gasteiger partial charge in [0.1, 0.15) is 0 Å². The predicted octanol–water partition coefficient (Wildman–Crippen LogP) is 13.2. The van der Waals surface area contributed by atoms with E-state index in [-0.39, 0.29) is 0 Å². The van der Waals surface area contributed by atoms with E-state index in [1.165, 1.54) is 27.8 Å². The topological polar surface area (TPSA) is 38.7 Å². The van der Waals surface area contributed by atoms with Crippen LogP contribution in [0.25, 0.3) is 89.8 Å². The van der Waals surface area contributed by atoms with E-state index >= 15 is 0 Å². The molecular formula is C51H35N3. The summed E-state index contributed by atoms with van der Waals surface area (Å²) in [6.07, 6.45) is 0. The minimum absolute atomic E-state index is 0.630. The lowest BCUT2D eigenvalue weighted by molar-refractivity contribution is 1.07. The van der Waals surface area contributed by atoms with Crippen molar-refractivity contribution in [2.45, 2.75) is 0 Å². The maximum Gasteiger partial charge on any atom is 0.164 e. The molecule has 0 atom stereocenters. The van der Waals surface area contributed by atoms with E-state index in [2.05, 4.69) is 194 Å². The Morgan fingerprint density at radius 3 is 0.722 bits per heavy atom. The fourth-order valence-electron chi connectivity index (χ4n) is 6.83. The first-order chi connectivity index (χ1) is 26.7. The molecule has 0 saturated heterocycles. The molecule has 0 radical (unpaired) electrons. The van der Waals surface area contributed by atoms with Gasteiger partial charge in [-0.05, 0) is 61.7 Å². The molecule has 1 heterocycles. The molecular weight excluding hydrogens is 655 g/mol. The van der Waals surface area contributed by atoms with Gasteiger partial charge in [-0.3, -0.25) is 0 Å². The number of hydrogen-bond donors (Lipinski definition) is 0. The standard InChI is InChI=1S/C51H35N3/c1-4-11-36(12-5-1)39-19-21-42(22-20-39)43-29-33-46(34-30-43)50-52-49(45-31-27-41(28-32-45)38-15-8-3-9-16-38)53-51(54-50)48-18-10-17-47(35-48)44-25-23-40(24-26-44)37-13-6-2-7-14-37/h1-35H. The van der Waals surface area contributed by atoms with E-state index in [9.17, 15) is 0 Å². The van der Waals surface area contributed by atoms with Crippen molar-refractivity contribution < 1.29 is 0 Å². The number of aromatic nitrogens is 3. The molecule has 9 aromatic rings. The second-order valence-electron chi connectivity index (χ2n) is 13.3. The molecule has 0 bridgehead atoms. The molecule has 0 saturated carbocycles. The number of hydrogen-bond acceptors (Lipinski definition) is 3. The molecule has 0 aliphatic heterocycles. The Labute approximate surface area is 316 Å². The normalized spacial score (nSPS) is 11.0. The summed E-state index contributed by atoms with van der Waals surface area (Å²) in [5.41, 5.74) is 14.4. The monoisotopic (exact) mass is 689 g/mol. The van der Waals surface area contributed by atoms with Gasteiger partial charge in [0.25, 0.3) is 0 Å². The highest BCUT2D eigenvalue weighted by atomic mass is 15.0. The van der Waals surface area contributed by atoms with Crippen LogP contribution in [0, 0.1) is 0 Å². The molecule has 0 N–H and O–H groups in total. The largest absolute Gasteiger partial charge is 0.208 e. The Bertz CT molecular complexity index is 2640. The van der Waals surface area contributed by atoms with Crippen molar-refractivity contribution in [3.8, 4) is 89.8 Å². The van der Waals surface area contributed by atoms with Crippen LogP contribution < -0.4 is 0 Å². The quantitative estimate of drug-likeness (QED) is 0.159. The lowest BCUT2D eigenvalue weighted by atomic mass is 9.99. The van der Waals surface area contributed by atoms with Crippen LogP contribution in [0.3, 0.4) is 0 Å². The number of nitrogens with zero attached hydrogens (tertiary/aromatic N) is 3. The van der Waals surface area contributed by atoms with Gasteiger partial charge in [-0.2, -0.15) is 0 Å². The summed E-state index contributed by atoms with van der Waals surface area (Å²) in [6, 6.07) is 74.1. The van der Waals surface area contributed by atoms with Gasteiger partial charge in [0, 0.05) is 16.7 Å². The van der Waals surface area contributed by atoms with Crippen LogP contribution in [-0.2, 0) is 0 Å². The van der Waals surface area contributed by atoms with Crippen molar-refractivity contribution in [3.05, 3.63) is 212 Å². The van der Waals surface area contributed by atoms with Gasteiger partial charge < -0.3 is 0 Å². The smallest absolute Gasteiger partial charge is 0.164 e. The van der Waals surface area contributed by atoms with E-state index < -0.39 is 0 Å². The molecule has 54 heavy (non-hydrogen) atoms. The summed E-state index contributed by atoms with van der Waals surface area (Å²) in [5, 5.41) is 0. The number of rotatable bonds is 8. The van der Waals surface area contributed by atoms with Crippen LogP contribution in [0.4, 0.5) is 0 Å². The Hall–Kier alpha value is -7.23. The minimum atomic E-state index is 0.630. The fourth-order valence-corrected chi connectivity index (χ4v) is 6.83. The molecule has 0 unspecified atom stereocenters. The summed E-state index contributed by atoms with van der Waals surface area (Å²) in [6.45, 7) is 0. The lowest BCUT2D eigenvalue weighted by Crippen LogP contribution is -2.00. The van der Waals surface area contributed by atoms with E-state index in [0.29, 0.717) is 17.5 Å². The average molecular weight is 690 g/mol. The summed E-state index contributed by atoms with van der Waals surface area (Å²) in [5.74, 6) is 1.89. The third-order valence-electron chi connectivity index (χ3n) is 9.80. The molecule has 0 aliphatic rings. The van der Waals surface area contributed by atoms with Crippen molar-refractivity contribution in [1.29, 1.82) is 0 Å². The van der Waals surface area contributed by atoms with E-state index in [1.54, 1.807) is 0 Å². The van der Waals surface area contributed by atoms with Crippen molar-refractivity contribution in [2.24, 2.45) is 0 Å². The molecule has 0 spiro atoms. The molecule has 0 aliphatic carbocycles. The molecule has 8 aromatic carbocycles. The highest BCUT2D eigenvalue weighted by Gasteiger charge is 2.14. The molecule has 0 fully saturated rings. The van der Waals surface area contributed by atoms with Crippen LogP contribution in [0.5, 0.6) is 0 Å². The van der Waals surface area contributed by atoms with Gasteiger partial charge >= 0.3 is 0 Å². The summed E-state index contributed by atoms with van der Waals surface area (Å²) >= 11 is 0. The highest BCUT2D eigenvalue weighted by Crippen LogP contribution is 2.32. The average Bonchev–Trinajstić information content (AvgIpc) is 3.27. The van der Waals surface area contributed by atoms with Crippen LogP contribution in [0.2, 0.25) is 0 Å². The maximum absolute atomic E-state index is 5.08. The van der Waals surface area contributed by atoms with Crippen LogP contribution in [0.15, 0.2) is 212 Å². The first kappa shape index (κ1) is 32.7. The Morgan fingerprint density at radius 2 is 0.389 bits per heavy atom. The van der Waals surface area contributed by atoms with Crippen molar-refractivity contribution >= 4 is 0 Å². The Morgan fingerprint density at radius 1 is 0.167 bits per heavy atom. The second-order valence-corrected chi connectivity index (χ2v) is 13.3. The zero-order valence-electron chi connectivity index (χ0n) is 29.5. The van der Waals surface area contributed by atoms with Crippen molar-refractivity contribution in [1.82, 2.24) is 15.0 Å². The summed E-state index contributed by atoms with van der Waals surface area (Å²) in [7, 11) is 0. The van der Waals surface area contributed by atoms with Gasteiger partial charge in [0.2, 0.25) is 0 Å². The van der Waals surface area contributed by atoms with Crippen molar-refractivity contribution in [2.75, 3.05) is 0 Å². The number of benzene rings is 8. The third kappa shape index (κ3) is 6.99. The molecule has 0 amide bonds. The van der Waals surface area contributed by atoms with Gasteiger partial charge in [0.05, 0.1) is 0 Å². The molecule has 1 aromatic heterocycles. The van der Waals surface area contributed by atoms with Crippen LogP contribution >= 0.6 is 0 Å². The van der Waals surface area contributed by atoms with E-state index in [0.717, 1.165) is 44.5 Å². The summed E-state index contributed by atoms with van der Waals surface area (Å²) < 4.78 is 0. The minimum Gasteiger partial charge on any atom is -0.208 e. The van der Waals surface area contributed by atoms with E-state index in [4.69, 9.17) is 15.0 Å². The predicted molar refractivity (Wildman–Crippen MR) is 223 cm³/mol. The second kappa shape index (κ2) is 14.8. The Kier molecular flexibility index (Phi) is 8.94. The maximum atomic E-state index is 5.08. The third-order valence-corrected chi connectivity index (χ3v) is 9.80. The molecule has 3 nitrogen and oxygen atoms in total. The molecule has 3 heteroatoms. The molecule has 254 valence electrons. The van der Waals surface area contributed by atoms with Gasteiger partial charge in [0.15, 0.2) is 17.5 Å². The lowest BCUT2D eigenvalue weighted by Gasteiger charge is -2.11. The SMILES string of the molecule is c1ccc(-c2ccc(-c3ccc(-c4nc(-c5ccc(-c6ccccc6)cc5)nc(-c5cccc(-c6ccc(-c7ccccc7)cc6)c5)n4)cc3)cc2)cc1. The van der Waals surface area contributed by atoms with E-state index in [1.807, 2.05) is 18.2 Å². The van der Waals surface area contributed by atoms with Crippen LogP contribution in [-0.4, -0.2) is 15.0 Å². The summed E-state index contributed by atoms with van der Waals surface area (Å²) in [4.78, 5) is 15.2. The Balaban J connectivity index is 1.07. The highest BCUT2D eigenvalue weighted by molar-refractivity contribution is 5.77. The first-order valence-corrected chi connectivity index (χ1v) is 18.2.